The first-order valence-electron chi connectivity index (χ1n) is 5.55. The zero-order valence-corrected chi connectivity index (χ0v) is 10.2. The number of rotatable bonds is 5. The number of ketones is 1. The van der Waals surface area contributed by atoms with Crippen LogP contribution in [0.15, 0.2) is 24.3 Å². The highest BCUT2D eigenvalue weighted by Crippen LogP contribution is 2.19. The minimum Gasteiger partial charge on any atom is -0.449 e. The molecule has 1 unspecified atom stereocenters. The summed E-state index contributed by atoms with van der Waals surface area (Å²) < 4.78 is 9.30. The number of hydrogen-bond donors (Lipinski definition) is 2. The van der Waals surface area contributed by atoms with Crippen LogP contribution in [0.4, 0.5) is 0 Å². The summed E-state index contributed by atoms with van der Waals surface area (Å²) in [6.45, 7) is 1.02. The van der Waals surface area contributed by atoms with Crippen molar-refractivity contribution in [2.24, 2.45) is 0 Å². The van der Waals surface area contributed by atoms with Crippen LogP contribution in [0.2, 0.25) is 0 Å². The van der Waals surface area contributed by atoms with E-state index in [2.05, 4.69) is 4.74 Å². The third-order valence-corrected chi connectivity index (χ3v) is 2.35. The van der Waals surface area contributed by atoms with Crippen molar-refractivity contribution in [1.82, 2.24) is 0 Å². The van der Waals surface area contributed by atoms with E-state index in [4.69, 9.17) is 9.84 Å². The van der Waals surface area contributed by atoms with E-state index in [0.29, 0.717) is 0 Å². The highest BCUT2D eigenvalue weighted by molar-refractivity contribution is 6.37. The molecule has 1 fully saturated rings. The second-order valence-corrected chi connectivity index (χ2v) is 3.73. The number of Topliss-reactive ketones (excluding diaryl/α,β-unsaturated/α-hetero) is 1. The Hall–Kier alpha value is -1.99. The van der Waals surface area contributed by atoms with Crippen LogP contribution in [0.1, 0.15) is 6.92 Å². The smallest absolute Gasteiger partial charge is 0.379 e. The predicted octanol–water partition coefficient (Wildman–Crippen LogP) is -1.12. The van der Waals surface area contributed by atoms with E-state index in [9.17, 15) is 19.5 Å². The molecular formula is C12H14O7. The van der Waals surface area contributed by atoms with Gasteiger partial charge in [-0.1, -0.05) is 18.2 Å². The highest BCUT2D eigenvalue weighted by Gasteiger charge is 2.49. The van der Waals surface area contributed by atoms with Gasteiger partial charge in [0.05, 0.1) is 6.61 Å². The summed E-state index contributed by atoms with van der Waals surface area (Å²) in [6.07, 6.45) is 1.27. The first-order valence-corrected chi connectivity index (χ1v) is 5.55. The van der Waals surface area contributed by atoms with Crippen LogP contribution in [-0.2, 0) is 23.9 Å². The number of ether oxygens (including phenoxy) is 2. The molecule has 0 aromatic rings. The average molecular weight is 270 g/mol. The molecule has 1 aliphatic heterocycles. The molecule has 1 rings (SSSR count). The number of allylic oxidation sites excluding steroid dienone is 3. The van der Waals surface area contributed by atoms with Gasteiger partial charge in [0.1, 0.15) is 6.10 Å². The molecule has 1 heterocycles. The topological polar surface area (TPSA) is 110 Å². The molecular weight excluding hydrogens is 256 g/mol. The fraction of sp³-hybridized carbons (Fsp3) is 0.417. The van der Waals surface area contributed by atoms with Gasteiger partial charge in [-0.05, 0) is 6.92 Å². The largest absolute Gasteiger partial charge is 0.449 e. The van der Waals surface area contributed by atoms with Gasteiger partial charge in [0, 0.05) is 6.08 Å². The highest BCUT2D eigenvalue weighted by atomic mass is 16.6. The van der Waals surface area contributed by atoms with Gasteiger partial charge in [-0.15, -0.1) is 0 Å². The minimum absolute atomic E-state index is 0.728. The lowest BCUT2D eigenvalue weighted by Crippen LogP contribution is -2.41. The molecule has 7 heteroatoms. The van der Waals surface area contributed by atoms with E-state index in [1.165, 1.54) is 6.08 Å². The van der Waals surface area contributed by atoms with Crippen molar-refractivity contribution in [1.29, 1.82) is 0 Å². The Morgan fingerprint density at radius 2 is 2.16 bits per heavy atom. The second-order valence-electron chi connectivity index (χ2n) is 3.73. The van der Waals surface area contributed by atoms with Crippen molar-refractivity contribution in [3.63, 3.8) is 0 Å². The van der Waals surface area contributed by atoms with E-state index in [0.717, 1.165) is 6.08 Å². The molecule has 2 N–H and O–H groups in total. The molecule has 0 spiro atoms. The summed E-state index contributed by atoms with van der Waals surface area (Å²) >= 11 is 0. The number of carbonyl (C=O) groups excluding carboxylic acids is 3. The lowest BCUT2D eigenvalue weighted by Gasteiger charge is -2.19. The van der Waals surface area contributed by atoms with Crippen LogP contribution < -0.4 is 0 Å². The molecule has 0 saturated carbocycles. The van der Waals surface area contributed by atoms with Crippen molar-refractivity contribution < 1.29 is 34.1 Å². The molecule has 19 heavy (non-hydrogen) atoms. The number of aliphatic hydroxyl groups is 2. The molecule has 1 saturated heterocycles. The van der Waals surface area contributed by atoms with Gasteiger partial charge >= 0.3 is 11.9 Å². The SMILES string of the molecule is CC=CC=CC(=O)OC1C(=O)C(=O)O[C@@H]1[C@H](O)CO. The van der Waals surface area contributed by atoms with E-state index >= 15 is 0 Å². The molecule has 0 aromatic carbocycles. The zero-order chi connectivity index (χ0) is 14.4. The molecule has 104 valence electrons. The Labute approximate surface area is 109 Å². The molecule has 3 atom stereocenters. The van der Waals surface area contributed by atoms with E-state index < -0.39 is 42.6 Å². The molecule has 0 bridgehead atoms. The Balaban J connectivity index is 2.75. The third kappa shape index (κ3) is 3.73. The van der Waals surface area contributed by atoms with Crippen molar-refractivity contribution in [3.05, 3.63) is 24.3 Å². The van der Waals surface area contributed by atoms with Crippen LogP contribution in [-0.4, -0.2) is 52.9 Å². The molecule has 0 amide bonds. The Kier molecular flexibility index (Phi) is 5.40. The van der Waals surface area contributed by atoms with Gasteiger partial charge in [0.25, 0.3) is 5.78 Å². The summed E-state index contributed by atoms with van der Waals surface area (Å²) in [5.74, 6) is -3.12. The zero-order valence-electron chi connectivity index (χ0n) is 10.2. The lowest BCUT2D eigenvalue weighted by molar-refractivity contribution is -0.156. The monoisotopic (exact) mass is 270 g/mol. The maximum atomic E-state index is 11.4. The molecule has 0 radical (unpaired) electrons. The second kappa shape index (κ2) is 6.81. The minimum atomic E-state index is -1.54. The Bertz CT molecular complexity index is 424. The summed E-state index contributed by atoms with van der Waals surface area (Å²) in [7, 11) is 0. The molecule has 0 aromatic heterocycles. The fourth-order valence-corrected chi connectivity index (χ4v) is 1.42. The van der Waals surface area contributed by atoms with Crippen LogP contribution in [0.25, 0.3) is 0 Å². The normalized spacial score (nSPS) is 25.0. The van der Waals surface area contributed by atoms with Crippen LogP contribution >= 0.6 is 0 Å². The van der Waals surface area contributed by atoms with Crippen molar-refractivity contribution in [3.8, 4) is 0 Å². The van der Waals surface area contributed by atoms with Crippen LogP contribution in [0.5, 0.6) is 0 Å². The van der Waals surface area contributed by atoms with Crippen molar-refractivity contribution in [2.45, 2.75) is 25.2 Å². The summed E-state index contributed by atoms with van der Waals surface area (Å²) in [6, 6.07) is 0. The first kappa shape index (κ1) is 15.1. The van der Waals surface area contributed by atoms with Gasteiger partial charge in [-0.3, -0.25) is 4.79 Å². The average Bonchev–Trinajstić information content (AvgIpc) is 2.66. The number of carbonyl (C=O) groups is 3. The number of hydrogen-bond acceptors (Lipinski definition) is 7. The van der Waals surface area contributed by atoms with Crippen LogP contribution in [0, 0.1) is 0 Å². The Morgan fingerprint density at radius 1 is 1.47 bits per heavy atom. The van der Waals surface area contributed by atoms with E-state index in [1.807, 2.05) is 0 Å². The molecule has 1 aliphatic rings. The first-order chi connectivity index (χ1) is 9.01. The van der Waals surface area contributed by atoms with Gasteiger partial charge in [-0.25, -0.2) is 9.59 Å². The Morgan fingerprint density at radius 3 is 2.74 bits per heavy atom. The fourth-order valence-electron chi connectivity index (χ4n) is 1.42. The number of cyclic esters (lactones) is 1. The third-order valence-electron chi connectivity index (χ3n) is 2.35. The van der Waals surface area contributed by atoms with E-state index in [1.54, 1.807) is 19.1 Å². The molecule has 0 aliphatic carbocycles. The summed E-state index contributed by atoms with van der Waals surface area (Å²) in [4.78, 5) is 33.9. The van der Waals surface area contributed by atoms with Gasteiger partial charge in [0.15, 0.2) is 6.10 Å². The van der Waals surface area contributed by atoms with E-state index in [-0.39, 0.29) is 0 Å². The van der Waals surface area contributed by atoms with Gasteiger partial charge < -0.3 is 19.7 Å². The van der Waals surface area contributed by atoms with Crippen molar-refractivity contribution in [2.75, 3.05) is 6.61 Å². The van der Waals surface area contributed by atoms with Gasteiger partial charge in [0.2, 0.25) is 6.10 Å². The van der Waals surface area contributed by atoms with Crippen molar-refractivity contribution >= 4 is 17.7 Å². The summed E-state index contributed by atoms with van der Waals surface area (Å²) in [5.41, 5.74) is 0. The maximum absolute atomic E-state index is 11.4. The van der Waals surface area contributed by atoms with Crippen LogP contribution in [0.3, 0.4) is 0 Å². The quantitative estimate of drug-likeness (QED) is 0.282. The standard InChI is InChI=1S/C12H14O7/c1-2-3-4-5-8(15)18-11-9(16)12(17)19-10(11)7(14)6-13/h2-5,7,10-11,13-14H,6H2,1H3/t7-,10-,11?/m1/s1. The summed E-state index contributed by atoms with van der Waals surface area (Å²) in [5, 5.41) is 18.2. The lowest BCUT2D eigenvalue weighted by atomic mass is 10.1. The molecule has 7 nitrogen and oxygen atoms in total. The van der Waals surface area contributed by atoms with Gasteiger partial charge in [-0.2, -0.15) is 0 Å². The number of aliphatic hydroxyl groups excluding tert-OH is 2. The number of esters is 2. The predicted molar refractivity (Wildman–Crippen MR) is 61.8 cm³/mol. The maximum Gasteiger partial charge on any atom is 0.379 e.